The molecule has 0 bridgehead atoms. The zero-order valence-electron chi connectivity index (χ0n) is 12.2. The van der Waals surface area contributed by atoms with E-state index < -0.39 is 9.84 Å². The van der Waals surface area contributed by atoms with Gasteiger partial charge in [0.05, 0.1) is 16.1 Å². The molecule has 0 fully saturated rings. The summed E-state index contributed by atoms with van der Waals surface area (Å²) in [6, 6.07) is 5.60. The highest BCUT2D eigenvalue weighted by molar-refractivity contribution is 9.10. The van der Waals surface area contributed by atoms with Crippen molar-refractivity contribution in [3.05, 3.63) is 39.5 Å². The van der Waals surface area contributed by atoms with Crippen molar-refractivity contribution in [2.45, 2.75) is 19.0 Å². The minimum absolute atomic E-state index is 0.248. The topological polar surface area (TPSA) is 95.7 Å². The molecule has 0 amide bonds. The molecule has 22 heavy (non-hydrogen) atoms. The van der Waals surface area contributed by atoms with Crippen LogP contribution in [0.25, 0.3) is 0 Å². The van der Waals surface area contributed by atoms with E-state index in [4.69, 9.17) is 5.26 Å². The molecule has 0 aliphatic carbocycles. The normalized spacial score (nSPS) is 11.0. The summed E-state index contributed by atoms with van der Waals surface area (Å²) in [7, 11) is -3.49. The first-order valence-corrected chi connectivity index (χ1v) is 8.92. The predicted octanol–water partition coefficient (Wildman–Crippen LogP) is 2.87. The third kappa shape index (κ3) is 3.43. The molecule has 2 rings (SSSR count). The van der Waals surface area contributed by atoms with Gasteiger partial charge in [-0.05, 0) is 53.0 Å². The lowest BCUT2D eigenvalue weighted by atomic mass is 10.0. The number of halogens is 1. The van der Waals surface area contributed by atoms with Gasteiger partial charge >= 0.3 is 0 Å². The number of nitriles is 1. The molecule has 1 aromatic carbocycles. The van der Waals surface area contributed by atoms with Crippen LogP contribution in [0.15, 0.2) is 28.0 Å². The van der Waals surface area contributed by atoms with Crippen LogP contribution in [0.3, 0.4) is 0 Å². The number of nitrogens with zero attached hydrogens (tertiary/aromatic N) is 3. The van der Waals surface area contributed by atoms with Gasteiger partial charge in [-0.3, -0.25) is 0 Å². The lowest BCUT2D eigenvalue weighted by Crippen LogP contribution is -2.07. The van der Waals surface area contributed by atoms with Gasteiger partial charge in [0.2, 0.25) is 15.0 Å². The maximum absolute atomic E-state index is 11.6. The Bertz CT molecular complexity index is 865. The molecule has 0 aliphatic heterocycles. The van der Waals surface area contributed by atoms with Gasteiger partial charge in [0, 0.05) is 18.1 Å². The number of aryl methyl sites for hydroxylation is 2. The third-order valence-electron chi connectivity index (χ3n) is 2.96. The second-order valence-corrected chi connectivity index (χ2v) is 7.61. The van der Waals surface area contributed by atoms with Crippen molar-refractivity contribution < 1.29 is 8.42 Å². The lowest BCUT2D eigenvalue weighted by Gasteiger charge is -2.14. The second-order valence-electron chi connectivity index (χ2n) is 4.84. The van der Waals surface area contributed by atoms with Crippen molar-refractivity contribution in [3.8, 4) is 6.07 Å². The average Bonchev–Trinajstić information content (AvgIpc) is 2.43. The first kappa shape index (κ1) is 16.4. The number of nitrogens with one attached hydrogen (secondary N) is 1. The molecule has 6 nitrogen and oxygen atoms in total. The fourth-order valence-electron chi connectivity index (χ4n) is 1.96. The molecule has 1 aromatic heterocycles. The maximum Gasteiger partial charge on any atom is 0.248 e. The van der Waals surface area contributed by atoms with E-state index in [9.17, 15) is 8.42 Å². The number of hydrogen-bond acceptors (Lipinski definition) is 6. The predicted molar refractivity (Wildman–Crippen MR) is 86.8 cm³/mol. The smallest absolute Gasteiger partial charge is 0.248 e. The Morgan fingerprint density at radius 3 is 2.36 bits per heavy atom. The van der Waals surface area contributed by atoms with Crippen molar-refractivity contribution in [2.24, 2.45) is 0 Å². The van der Waals surface area contributed by atoms with Gasteiger partial charge in [0.15, 0.2) is 0 Å². The number of hydrogen-bond donors (Lipinski definition) is 1. The molecule has 0 atom stereocenters. The van der Waals surface area contributed by atoms with E-state index >= 15 is 0 Å². The highest BCUT2D eigenvalue weighted by atomic mass is 79.9. The van der Waals surface area contributed by atoms with Crippen molar-refractivity contribution in [1.82, 2.24) is 9.97 Å². The third-order valence-corrected chi connectivity index (χ3v) is 4.40. The van der Waals surface area contributed by atoms with Crippen LogP contribution < -0.4 is 5.32 Å². The average molecular weight is 381 g/mol. The summed E-state index contributed by atoms with van der Waals surface area (Å²) in [6.07, 6.45) is 2.44. The van der Waals surface area contributed by atoms with E-state index in [-0.39, 0.29) is 5.16 Å². The fraction of sp³-hybridized carbons (Fsp3) is 0.214. The van der Waals surface area contributed by atoms with Crippen LogP contribution in [-0.2, 0) is 9.84 Å². The standard InChI is InChI=1S/C14H13BrN4O2S/c1-8-4-10(6-16)5-9(2)12(8)18-13-11(15)7-17-14(19-13)22(3,20)21/h4-5,7H,1-3H3,(H,17,18,19). The van der Waals surface area contributed by atoms with Crippen LogP contribution in [0.4, 0.5) is 11.5 Å². The van der Waals surface area contributed by atoms with Crippen molar-refractivity contribution in [1.29, 1.82) is 5.26 Å². The summed E-state index contributed by atoms with van der Waals surface area (Å²) in [5.41, 5.74) is 3.07. The van der Waals surface area contributed by atoms with Crippen LogP contribution in [0.1, 0.15) is 16.7 Å². The Morgan fingerprint density at radius 1 is 1.27 bits per heavy atom. The van der Waals surface area contributed by atoms with E-state index in [1.807, 2.05) is 13.8 Å². The molecule has 0 unspecified atom stereocenters. The molecule has 0 saturated heterocycles. The number of benzene rings is 1. The number of sulfone groups is 1. The molecule has 0 radical (unpaired) electrons. The minimum Gasteiger partial charge on any atom is -0.339 e. The monoisotopic (exact) mass is 380 g/mol. The van der Waals surface area contributed by atoms with Crippen LogP contribution in [0.5, 0.6) is 0 Å². The molecule has 114 valence electrons. The lowest BCUT2D eigenvalue weighted by molar-refractivity contribution is 0.593. The Kier molecular flexibility index (Phi) is 4.49. The fourth-order valence-corrected chi connectivity index (χ4v) is 2.75. The van der Waals surface area contributed by atoms with Crippen LogP contribution >= 0.6 is 15.9 Å². The van der Waals surface area contributed by atoms with Gasteiger partial charge in [0.1, 0.15) is 5.82 Å². The van der Waals surface area contributed by atoms with E-state index in [0.29, 0.717) is 15.9 Å². The van der Waals surface area contributed by atoms with Crippen LogP contribution in [0, 0.1) is 25.2 Å². The molecule has 1 heterocycles. The molecular weight excluding hydrogens is 368 g/mol. The van der Waals surface area contributed by atoms with Gasteiger partial charge in [0.25, 0.3) is 0 Å². The van der Waals surface area contributed by atoms with Gasteiger partial charge in [-0.25, -0.2) is 13.4 Å². The summed E-state index contributed by atoms with van der Waals surface area (Å²) in [4.78, 5) is 7.84. The number of rotatable bonds is 3. The van der Waals surface area contributed by atoms with E-state index in [0.717, 1.165) is 23.1 Å². The zero-order valence-corrected chi connectivity index (χ0v) is 14.6. The van der Waals surface area contributed by atoms with Gasteiger partial charge in [-0.1, -0.05) is 0 Å². The Hall–Kier alpha value is -1.98. The van der Waals surface area contributed by atoms with Crippen molar-refractivity contribution >= 4 is 37.3 Å². The number of anilines is 2. The summed E-state index contributed by atoms with van der Waals surface area (Å²) in [6.45, 7) is 3.73. The van der Waals surface area contributed by atoms with Crippen molar-refractivity contribution in [2.75, 3.05) is 11.6 Å². The second kappa shape index (κ2) is 6.02. The summed E-state index contributed by atoms with van der Waals surface area (Å²) >= 11 is 3.30. The molecule has 0 saturated carbocycles. The highest BCUT2D eigenvalue weighted by Crippen LogP contribution is 2.29. The van der Waals surface area contributed by atoms with Gasteiger partial charge in [-0.2, -0.15) is 10.2 Å². The molecule has 0 spiro atoms. The highest BCUT2D eigenvalue weighted by Gasteiger charge is 2.15. The SMILES string of the molecule is Cc1cc(C#N)cc(C)c1Nc1nc(S(C)(=O)=O)ncc1Br. The largest absolute Gasteiger partial charge is 0.339 e. The first-order chi connectivity index (χ1) is 10.2. The van der Waals surface area contributed by atoms with E-state index in [1.54, 1.807) is 12.1 Å². The maximum atomic E-state index is 11.6. The molecule has 1 N–H and O–H groups in total. The van der Waals surface area contributed by atoms with E-state index in [2.05, 4.69) is 37.3 Å². The minimum atomic E-state index is -3.49. The molecular formula is C14H13BrN4O2S. The quantitative estimate of drug-likeness (QED) is 0.822. The molecule has 2 aromatic rings. The summed E-state index contributed by atoms with van der Waals surface area (Å²) in [5.74, 6) is 0.353. The molecule has 0 aliphatic rings. The van der Waals surface area contributed by atoms with Gasteiger partial charge in [-0.15, -0.1) is 0 Å². The Morgan fingerprint density at radius 2 is 1.86 bits per heavy atom. The first-order valence-electron chi connectivity index (χ1n) is 6.23. The molecule has 8 heteroatoms. The summed E-state index contributed by atoms with van der Waals surface area (Å²) in [5, 5.41) is 11.8. The van der Waals surface area contributed by atoms with E-state index in [1.165, 1.54) is 6.20 Å². The summed E-state index contributed by atoms with van der Waals surface area (Å²) < 4.78 is 23.7. The van der Waals surface area contributed by atoms with Crippen LogP contribution in [-0.4, -0.2) is 24.6 Å². The number of aromatic nitrogens is 2. The van der Waals surface area contributed by atoms with Gasteiger partial charge < -0.3 is 5.32 Å². The Balaban J connectivity index is 2.50. The van der Waals surface area contributed by atoms with Crippen LogP contribution in [0.2, 0.25) is 0 Å². The van der Waals surface area contributed by atoms with Crippen molar-refractivity contribution in [3.63, 3.8) is 0 Å². The Labute approximate surface area is 137 Å². The zero-order chi connectivity index (χ0) is 16.5.